The van der Waals surface area contributed by atoms with Gasteiger partial charge in [-0.2, -0.15) is 4.39 Å². The molecule has 0 aliphatic carbocycles. The second-order valence-electron chi connectivity index (χ2n) is 2.34. The van der Waals surface area contributed by atoms with Crippen LogP contribution in [0.2, 0.25) is 0 Å². The third-order valence-corrected chi connectivity index (χ3v) is 1.24. The van der Waals surface area contributed by atoms with Gasteiger partial charge in [-0.05, 0) is 25.5 Å². The summed E-state index contributed by atoms with van der Waals surface area (Å²) in [4.78, 5) is 10.7. The fourth-order valence-corrected chi connectivity index (χ4v) is 0.662. The molecular weight excluding hydrogens is 175 g/mol. The first kappa shape index (κ1) is 11.8. The number of rotatable bonds is 4. The molecule has 3 nitrogen and oxygen atoms in total. The van der Waals surface area contributed by atoms with Gasteiger partial charge in [-0.15, -0.1) is 0 Å². The smallest absolute Gasteiger partial charge is 0.367 e. The van der Waals surface area contributed by atoms with Crippen molar-refractivity contribution in [1.29, 1.82) is 0 Å². The van der Waals surface area contributed by atoms with Crippen molar-refractivity contribution >= 4 is 5.97 Å². The first-order valence-electron chi connectivity index (χ1n) is 3.93. The molecule has 0 spiro atoms. The molecule has 0 bridgehead atoms. The number of hydrogen-bond donors (Lipinski definition) is 1. The van der Waals surface area contributed by atoms with Gasteiger partial charge in [0, 0.05) is 0 Å². The maximum atomic E-state index is 12.8. The fourth-order valence-electron chi connectivity index (χ4n) is 0.662. The summed E-state index contributed by atoms with van der Waals surface area (Å²) in [7, 11) is 0. The summed E-state index contributed by atoms with van der Waals surface area (Å²) < 4.78 is 17.2. The Morgan fingerprint density at radius 2 is 2.23 bits per heavy atom. The molecular formula is C9H13FO3. The summed E-state index contributed by atoms with van der Waals surface area (Å²) in [6.45, 7) is 3.14. The fraction of sp³-hybridized carbons (Fsp3) is 0.444. The van der Waals surface area contributed by atoms with E-state index < -0.39 is 11.8 Å². The average molecular weight is 188 g/mol. The summed E-state index contributed by atoms with van der Waals surface area (Å²) in [5.74, 6) is -1.93. The van der Waals surface area contributed by atoms with Crippen molar-refractivity contribution in [2.75, 3.05) is 13.2 Å². The molecule has 0 rings (SSSR count). The van der Waals surface area contributed by atoms with E-state index in [1.807, 2.05) is 0 Å². The van der Waals surface area contributed by atoms with E-state index in [9.17, 15) is 9.18 Å². The molecule has 4 heteroatoms. The van der Waals surface area contributed by atoms with Crippen LogP contribution in [0.5, 0.6) is 0 Å². The standard InChI is InChI=1S/C9H13FO3/c1-3-13-9(12)8(10)6-7(2)4-5-11/h4,6,11H,3,5H2,1-2H3. The van der Waals surface area contributed by atoms with E-state index >= 15 is 0 Å². The van der Waals surface area contributed by atoms with Crippen LogP contribution in [-0.2, 0) is 9.53 Å². The molecule has 0 aromatic heterocycles. The average Bonchev–Trinajstić information content (AvgIpc) is 2.05. The topological polar surface area (TPSA) is 46.5 Å². The molecule has 0 aromatic carbocycles. The van der Waals surface area contributed by atoms with Gasteiger partial charge < -0.3 is 9.84 Å². The Kier molecular flexibility index (Phi) is 5.80. The molecule has 0 atom stereocenters. The van der Waals surface area contributed by atoms with Crippen molar-refractivity contribution in [1.82, 2.24) is 0 Å². The van der Waals surface area contributed by atoms with Gasteiger partial charge in [0.2, 0.25) is 5.83 Å². The molecule has 0 saturated heterocycles. The van der Waals surface area contributed by atoms with Gasteiger partial charge in [-0.3, -0.25) is 0 Å². The monoisotopic (exact) mass is 188 g/mol. The van der Waals surface area contributed by atoms with E-state index in [1.54, 1.807) is 13.8 Å². The van der Waals surface area contributed by atoms with Crippen molar-refractivity contribution in [3.8, 4) is 0 Å². The number of carbonyl (C=O) groups is 1. The predicted molar refractivity (Wildman–Crippen MR) is 46.7 cm³/mol. The minimum atomic E-state index is -0.979. The molecule has 0 amide bonds. The SMILES string of the molecule is CCOC(=O)C(F)=CC(C)=CCO. The van der Waals surface area contributed by atoms with Gasteiger partial charge in [0.05, 0.1) is 13.2 Å². The van der Waals surface area contributed by atoms with E-state index in [-0.39, 0.29) is 13.2 Å². The zero-order valence-corrected chi connectivity index (χ0v) is 7.71. The maximum Gasteiger partial charge on any atom is 0.367 e. The lowest BCUT2D eigenvalue weighted by Crippen LogP contribution is -2.04. The van der Waals surface area contributed by atoms with Gasteiger partial charge in [0.15, 0.2) is 0 Å². The minimum Gasteiger partial charge on any atom is -0.461 e. The molecule has 0 aliphatic heterocycles. The molecule has 0 radical (unpaired) electrons. The molecule has 0 unspecified atom stereocenters. The van der Waals surface area contributed by atoms with Gasteiger partial charge in [-0.1, -0.05) is 6.08 Å². The first-order chi connectivity index (χ1) is 6.11. The summed E-state index contributed by atoms with van der Waals surface area (Å²) in [6, 6.07) is 0. The van der Waals surface area contributed by atoms with Crippen LogP contribution in [0.1, 0.15) is 13.8 Å². The molecule has 0 saturated carbocycles. The lowest BCUT2D eigenvalue weighted by Gasteiger charge is -1.98. The molecule has 0 aliphatic rings. The third kappa shape index (κ3) is 5.14. The lowest BCUT2D eigenvalue weighted by molar-refractivity contribution is -0.140. The van der Waals surface area contributed by atoms with Crippen LogP contribution in [-0.4, -0.2) is 24.3 Å². The normalized spacial score (nSPS) is 12.9. The quantitative estimate of drug-likeness (QED) is 0.411. The second-order valence-corrected chi connectivity index (χ2v) is 2.34. The van der Waals surface area contributed by atoms with Crippen molar-refractivity contribution in [3.05, 3.63) is 23.6 Å². The van der Waals surface area contributed by atoms with Gasteiger partial charge in [0.25, 0.3) is 0 Å². The largest absolute Gasteiger partial charge is 0.461 e. The van der Waals surface area contributed by atoms with Crippen LogP contribution in [0, 0.1) is 0 Å². The van der Waals surface area contributed by atoms with Crippen molar-refractivity contribution in [2.45, 2.75) is 13.8 Å². The highest BCUT2D eigenvalue weighted by atomic mass is 19.1. The van der Waals surface area contributed by atoms with Crippen molar-refractivity contribution < 1.29 is 19.0 Å². The summed E-state index contributed by atoms with van der Waals surface area (Å²) in [5, 5.41) is 8.45. The molecule has 0 heterocycles. The van der Waals surface area contributed by atoms with Gasteiger partial charge >= 0.3 is 5.97 Å². The molecule has 13 heavy (non-hydrogen) atoms. The van der Waals surface area contributed by atoms with Gasteiger partial charge in [-0.25, -0.2) is 4.79 Å². The predicted octanol–water partition coefficient (Wildman–Crippen LogP) is 1.34. The number of esters is 1. The van der Waals surface area contributed by atoms with Crippen LogP contribution >= 0.6 is 0 Å². The lowest BCUT2D eigenvalue weighted by atomic mass is 10.2. The number of halogens is 1. The Balaban J connectivity index is 4.31. The zero-order valence-electron chi connectivity index (χ0n) is 7.71. The number of aliphatic hydroxyl groups is 1. The highest BCUT2D eigenvalue weighted by Crippen LogP contribution is 2.05. The zero-order chi connectivity index (χ0) is 10.3. The molecule has 0 fully saturated rings. The highest BCUT2D eigenvalue weighted by Gasteiger charge is 2.08. The second kappa shape index (κ2) is 6.37. The van der Waals surface area contributed by atoms with E-state index in [2.05, 4.69) is 4.74 Å². The Labute approximate surface area is 76.5 Å². The molecule has 74 valence electrons. The number of aliphatic hydroxyl groups excluding tert-OH is 1. The molecule has 1 N–H and O–H groups in total. The van der Waals surface area contributed by atoms with Crippen LogP contribution < -0.4 is 0 Å². The van der Waals surface area contributed by atoms with Crippen LogP contribution in [0.15, 0.2) is 23.6 Å². The van der Waals surface area contributed by atoms with Crippen molar-refractivity contribution in [2.24, 2.45) is 0 Å². The van der Waals surface area contributed by atoms with E-state index in [4.69, 9.17) is 5.11 Å². The van der Waals surface area contributed by atoms with E-state index in [1.165, 1.54) is 6.08 Å². The maximum absolute atomic E-state index is 12.8. The summed E-state index contributed by atoms with van der Waals surface area (Å²) in [5.41, 5.74) is 0.480. The van der Waals surface area contributed by atoms with Crippen LogP contribution in [0.25, 0.3) is 0 Å². The Hall–Kier alpha value is -1.16. The van der Waals surface area contributed by atoms with E-state index in [0.717, 1.165) is 6.08 Å². The summed E-state index contributed by atoms with van der Waals surface area (Å²) in [6.07, 6.45) is 2.41. The number of allylic oxidation sites excluding steroid dienone is 2. The summed E-state index contributed by atoms with van der Waals surface area (Å²) >= 11 is 0. The Bertz CT molecular complexity index is 231. The Morgan fingerprint density at radius 3 is 2.69 bits per heavy atom. The third-order valence-electron chi connectivity index (χ3n) is 1.24. The van der Waals surface area contributed by atoms with Gasteiger partial charge in [0.1, 0.15) is 0 Å². The highest BCUT2D eigenvalue weighted by molar-refractivity contribution is 5.86. The van der Waals surface area contributed by atoms with Crippen molar-refractivity contribution in [3.63, 3.8) is 0 Å². The molecule has 0 aromatic rings. The number of hydrogen-bond acceptors (Lipinski definition) is 3. The Morgan fingerprint density at radius 1 is 1.62 bits per heavy atom. The van der Waals surface area contributed by atoms with Crippen LogP contribution in [0.4, 0.5) is 4.39 Å². The number of carbonyl (C=O) groups excluding carboxylic acids is 1. The van der Waals surface area contributed by atoms with Crippen LogP contribution in [0.3, 0.4) is 0 Å². The minimum absolute atomic E-state index is 0.142. The van der Waals surface area contributed by atoms with E-state index in [0.29, 0.717) is 5.57 Å². The number of ether oxygens (including phenoxy) is 1. The first-order valence-corrected chi connectivity index (χ1v) is 3.93.